The molecule has 1 atom stereocenters. The number of hydrogen-bond donors (Lipinski definition) is 1. The van der Waals surface area contributed by atoms with Crippen molar-refractivity contribution in [1.29, 1.82) is 0 Å². The molecule has 1 amide bonds. The summed E-state index contributed by atoms with van der Waals surface area (Å²) >= 11 is 0. The Morgan fingerprint density at radius 1 is 1.29 bits per heavy atom. The van der Waals surface area contributed by atoms with Crippen LogP contribution in [-0.4, -0.2) is 41.6 Å². The summed E-state index contributed by atoms with van der Waals surface area (Å²) in [6.45, 7) is 4.25. The van der Waals surface area contributed by atoms with Crippen LogP contribution in [0.1, 0.15) is 25.8 Å². The first-order valence-corrected chi connectivity index (χ1v) is 6.90. The predicted octanol–water partition coefficient (Wildman–Crippen LogP) is 2.42. The molecule has 21 heavy (non-hydrogen) atoms. The second-order valence-corrected chi connectivity index (χ2v) is 4.55. The molecule has 0 spiro atoms. The van der Waals surface area contributed by atoms with Crippen molar-refractivity contribution in [2.75, 3.05) is 13.7 Å². The average Bonchev–Trinajstić information content (AvgIpc) is 2.46. The fourth-order valence-electron chi connectivity index (χ4n) is 1.89. The molecule has 1 aromatic carbocycles. The van der Waals surface area contributed by atoms with E-state index in [1.807, 2.05) is 31.2 Å². The van der Waals surface area contributed by atoms with E-state index in [1.165, 1.54) is 18.0 Å². The van der Waals surface area contributed by atoms with Gasteiger partial charge < -0.3 is 14.7 Å². The lowest BCUT2D eigenvalue weighted by Crippen LogP contribution is -2.41. The molecular weight excluding hydrogens is 270 g/mol. The highest BCUT2D eigenvalue weighted by molar-refractivity contribution is 5.94. The van der Waals surface area contributed by atoms with Gasteiger partial charge in [0.25, 0.3) is 0 Å². The van der Waals surface area contributed by atoms with Crippen LogP contribution in [0.25, 0.3) is 6.08 Å². The molecule has 0 fully saturated rings. The number of benzene rings is 1. The molecule has 0 heterocycles. The van der Waals surface area contributed by atoms with Crippen LogP contribution in [0.5, 0.6) is 5.75 Å². The lowest BCUT2D eigenvalue weighted by molar-refractivity contribution is -0.147. The van der Waals surface area contributed by atoms with E-state index >= 15 is 0 Å². The van der Waals surface area contributed by atoms with Gasteiger partial charge in [0.1, 0.15) is 11.8 Å². The van der Waals surface area contributed by atoms with Crippen molar-refractivity contribution < 1.29 is 19.4 Å². The number of aliphatic carboxylic acids is 1. The van der Waals surface area contributed by atoms with E-state index in [-0.39, 0.29) is 5.91 Å². The average molecular weight is 291 g/mol. The van der Waals surface area contributed by atoms with Crippen LogP contribution in [0.15, 0.2) is 30.3 Å². The third kappa shape index (κ3) is 4.95. The smallest absolute Gasteiger partial charge is 0.326 e. The van der Waals surface area contributed by atoms with E-state index in [4.69, 9.17) is 9.84 Å². The number of carboxylic acids is 1. The molecule has 1 aromatic rings. The maximum absolute atomic E-state index is 11.9. The van der Waals surface area contributed by atoms with E-state index < -0.39 is 12.0 Å². The summed E-state index contributed by atoms with van der Waals surface area (Å²) in [5.41, 5.74) is 0.851. The Kier molecular flexibility index (Phi) is 6.46. The zero-order valence-electron chi connectivity index (χ0n) is 12.6. The minimum absolute atomic E-state index is 0.335. The third-order valence-corrected chi connectivity index (χ3v) is 3.10. The van der Waals surface area contributed by atoms with Crippen LogP contribution in [0.4, 0.5) is 0 Å². The van der Waals surface area contributed by atoms with Crippen molar-refractivity contribution in [2.45, 2.75) is 26.3 Å². The number of hydrogen-bond acceptors (Lipinski definition) is 3. The Hall–Kier alpha value is -2.30. The van der Waals surface area contributed by atoms with E-state index in [2.05, 4.69) is 0 Å². The summed E-state index contributed by atoms with van der Waals surface area (Å²) in [5, 5.41) is 9.03. The first kappa shape index (κ1) is 16.8. The number of carbonyl (C=O) groups excluding carboxylic acids is 1. The normalized spacial score (nSPS) is 12.1. The molecule has 114 valence electrons. The Morgan fingerprint density at radius 3 is 2.38 bits per heavy atom. The van der Waals surface area contributed by atoms with Gasteiger partial charge in [0.05, 0.1) is 6.61 Å². The highest BCUT2D eigenvalue weighted by Gasteiger charge is 2.22. The highest BCUT2D eigenvalue weighted by Crippen LogP contribution is 2.13. The Labute approximate surface area is 124 Å². The fourth-order valence-corrected chi connectivity index (χ4v) is 1.89. The van der Waals surface area contributed by atoms with Crippen molar-refractivity contribution in [3.05, 3.63) is 35.9 Å². The summed E-state index contributed by atoms with van der Waals surface area (Å²) in [7, 11) is 1.49. The first-order chi connectivity index (χ1) is 9.99. The summed E-state index contributed by atoms with van der Waals surface area (Å²) in [6, 6.07) is 6.52. The first-order valence-electron chi connectivity index (χ1n) is 6.90. The summed E-state index contributed by atoms with van der Waals surface area (Å²) in [4.78, 5) is 24.2. The quantitative estimate of drug-likeness (QED) is 0.783. The molecule has 0 saturated heterocycles. The zero-order chi connectivity index (χ0) is 15.8. The number of amides is 1. The summed E-state index contributed by atoms with van der Waals surface area (Å²) in [5.74, 6) is -0.559. The molecule has 0 aliphatic heterocycles. The number of rotatable bonds is 7. The van der Waals surface area contributed by atoms with Crippen molar-refractivity contribution in [1.82, 2.24) is 4.90 Å². The van der Waals surface area contributed by atoms with Gasteiger partial charge in [-0.1, -0.05) is 19.1 Å². The van der Waals surface area contributed by atoms with Crippen LogP contribution in [0.3, 0.4) is 0 Å². The highest BCUT2D eigenvalue weighted by atomic mass is 16.5. The molecule has 0 bridgehead atoms. The topological polar surface area (TPSA) is 66.8 Å². The number of nitrogens with zero attached hydrogens (tertiary/aromatic N) is 1. The van der Waals surface area contributed by atoms with Gasteiger partial charge in [-0.15, -0.1) is 0 Å². The Bertz CT molecular complexity index is 508. The van der Waals surface area contributed by atoms with Gasteiger partial charge in [-0.05, 0) is 37.1 Å². The number of carboxylic acid groups (broad SMARTS) is 1. The number of carbonyl (C=O) groups is 2. The molecule has 0 saturated carbocycles. The Morgan fingerprint density at radius 2 is 1.90 bits per heavy atom. The molecule has 0 aromatic heterocycles. The van der Waals surface area contributed by atoms with E-state index in [1.54, 1.807) is 13.0 Å². The van der Waals surface area contributed by atoms with Gasteiger partial charge in [-0.25, -0.2) is 4.79 Å². The summed E-state index contributed by atoms with van der Waals surface area (Å²) < 4.78 is 5.33. The molecule has 0 radical (unpaired) electrons. The maximum Gasteiger partial charge on any atom is 0.326 e. The van der Waals surface area contributed by atoms with Gasteiger partial charge in [0.15, 0.2) is 0 Å². The predicted molar refractivity (Wildman–Crippen MR) is 81.1 cm³/mol. The fraction of sp³-hybridized carbons (Fsp3) is 0.375. The van der Waals surface area contributed by atoms with Crippen LogP contribution >= 0.6 is 0 Å². The molecule has 1 rings (SSSR count). The lowest BCUT2D eigenvalue weighted by Gasteiger charge is -2.22. The Balaban J connectivity index is 2.70. The van der Waals surface area contributed by atoms with Crippen molar-refractivity contribution in [2.24, 2.45) is 0 Å². The minimum Gasteiger partial charge on any atom is -0.494 e. The van der Waals surface area contributed by atoms with E-state index in [0.717, 1.165) is 11.3 Å². The summed E-state index contributed by atoms with van der Waals surface area (Å²) in [6.07, 6.45) is 3.40. The molecule has 5 heteroatoms. The van der Waals surface area contributed by atoms with E-state index in [0.29, 0.717) is 13.0 Å². The minimum atomic E-state index is -0.997. The van der Waals surface area contributed by atoms with Crippen molar-refractivity contribution >= 4 is 18.0 Å². The zero-order valence-corrected chi connectivity index (χ0v) is 12.6. The molecular formula is C16H21NO4. The van der Waals surface area contributed by atoms with Gasteiger partial charge in [-0.2, -0.15) is 0 Å². The second-order valence-electron chi connectivity index (χ2n) is 4.55. The monoisotopic (exact) mass is 291 g/mol. The lowest BCUT2D eigenvalue weighted by atomic mass is 10.1. The molecule has 0 aliphatic rings. The molecule has 0 aliphatic carbocycles. The van der Waals surface area contributed by atoms with Gasteiger partial charge in [0.2, 0.25) is 5.91 Å². The van der Waals surface area contributed by atoms with Gasteiger partial charge in [-0.3, -0.25) is 4.79 Å². The van der Waals surface area contributed by atoms with Crippen LogP contribution < -0.4 is 4.74 Å². The number of likely N-dealkylation sites (N-methyl/N-ethyl adjacent to an activating group) is 1. The van der Waals surface area contributed by atoms with Crippen LogP contribution in [-0.2, 0) is 9.59 Å². The maximum atomic E-state index is 11.9. The standard InChI is InChI=1S/C16H21NO4/c1-4-14(16(19)20)17(3)15(18)11-8-12-6-9-13(10-7-12)21-5-2/h6-11,14H,4-5H2,1-3H3,(H,19,20). The molecule has 1 unspecified atom stereocenters. The van der Waals surface area contributed by atoms with Crippen molar-refractivity contribution in [3.63, 3.8) is 0 Å². The largest absolute Gasteiger partial charge is 0.494 e. The third-order valence-electron chi connectivity index (χ3n) is 3.10. The molecule has 5 nitrogen and oxygen atoms in total. The number of ether oxygens (including phenoxy) is 1. The van der Waals surface area contributed by atoms with Gasteiger partial charge in [0, 0.05) is 13.1 Å². The van der Waals surface area contributed by atoms with Gasteiger partial charge >= 0.3 is 5.97 Å². The molecule has 1 N–H and O–H groups in total. The second kappa shape index (κ2) is 8.09. The van der Waals surface area contributed by atoms with Crippen molar-refractivity contribution in [3.8, 4) is 5.75 Å². The van der Waals surface area contributed by atoms with Crippen LogP contribution in [0, 0.1) is 0 Å². The van der Waals surface area contributed by atoms with Crippen LogP contribution in [0.2, 0.25) is 0 Å². The van der Waals surface area contributed by atoms with E-state index in [9.17, 15) is 9.59 Å². The SMILES string of the molecule is CCOc1ccc(C=CC(=O)N(C)C(CC)C(=O)O)cc1.